The van der Waals surface area contributed by atoms with Gasteiger partial charge in [0.25, 0.3) is 5.91 Å². The van der Waals surface area contributed by atoms with Crippen LogP contribution in [-0.4, -0.2) is 57.9 Å². The zero-order valence-corrected chi connectivity index (χ0v) is 17.0. The maximum Gasteiger partial charge on any atom is 0.416 e. The quantitative estimate of drug-likeness (QED) is 0.687. The molecule has 0 saturated carbocycles. The normalized spacial score (nSPS) is 14.1. The number of carbonyl (C=O) groups is 2. The van der Waals surface area contributed by atoms with Crippen molar-refractivity contribution in [2.75, 3.05) is 31.5 Å². The standard InChI is InChI=1S/C23H23N5O3/c29-22(18-6-2-1-3-7-18)26-19-9-10-21(25-16-19)31-23(30)28-14-12-27(13-15-28)17-20-8-4-5-11-24-20/h1-11,16H,12-15,17H2,(H,26,29). The molecule has 2 amide bonds. The molecule has 31 heavy (non-hydrogen) atoms. The van der Waals surface area contributed by atoms with Crippen LogP contribution in [0.1, 0.15) is 16.1 Å². The van der Waals surface area contributed by atoms with E-state index in [1.807, 2.05) is 24.3 Å². The van der Waals surface area contributed by atoms with Crippen LogP contribution in [0.25, 0.3) is 0 Å². The van der Waals surface area contributed by atoms with Gasteiger partial charge in [-0.1, -0.05) is 24.3 Å². The predicted octanol–water partition coefficient (Wildman–Crippen LogP) is 3.05. The first-order chi connectivity index (χ1) is 15.2. The minimum absolute atomic E-state index is 0.193. The number of aromatic nitrogens is 2. The summed E-state index contributed by atoms with van der Waals surface area (Å²) in [5, 5.41) is 2.76. The van der Waals surface area contributed by atoms with Gasteiger partial charge in [0.1, 0.15) is 0 Å². The van der Waals surface area contributed by atoms with E-state index in [4.69, 9.17) is 4.74 Å². The first-order valence-corrected chi connectivity index (χ1v) is 10.1. The molecule has 0 unspecified atom stereocenters. The molecule has 4 rings (SSSR count). The van der Waals surface area contributed by atoms with Crippen molar-refractivity contribution in [3.8, 4) is 5.88 Å². The second-order valence-electron chi connectivity index (χ2n) is 7.16. The number of pyridine rings is 2. The highest BCUT2D eigenvalue weighted by atomic mass is 16.6. The topological polar surface area (TPSA) is 87.7 Å². The maximum absolute atomic E-state index is 12.4. The maximum atomic E-state index is 12.4. The number of ether oxygens (including phenoxy) is 1. The number of carbonyl (C=O) groups excluding carboxylic acids is 2. The molecule has 0 aliphatic carbocycles. The third-order valence-electron chi connectivity index (χ3n) is 4.96. The van der Waals surface area contributed by atoms with Crippen LogP contribution in [0.4, 0.5) is 10.5 Å². The monoisotopic (exact) mass is 417 g/mol. The lowest BCUT2D eigenvalue weighted by Crippen LogP contribution is -2.49. The summed E-state index contributed by atoms with van der Waals surface area (Å²) in [7, 11) is 0. The molecule has 8 heteroatoms. The fraction of sp³-hybridized carbons (Fsp3) is 0.217. The van der Waals surface area contributed by atoms with E-state index in [2.05, 4.69) is 20.2 Å². The van der Waals surface area contributed by atoms with E-state index in [1.165, 1.54) is 6.20 Å². The molecule has 0 bridgehead atoms. The Labute approximate surface area is 180 Å². The first kappa shape index (κ1) is 20.5. The second-order valence-corrected chi connectivity index (χ2v) is 7.16. The van der Waals surface area contributed by atoms with Crippen LogP contribution in [-0.2, 0) is 6.54 Å². The van der Waals surface area contributed by atoms with Gasteiger partial charge in [-0.2, -0.15) is 0 Å². The largest absolute Gasteiger partial charge is 0.416 e. The number of hydrogen-bond acceptors (Lipinski definition) is 6. The minimum Gasteiger partial charge on any atom is -0.391 e. The average molecular weight is 417 g/mol. The molecule has 2 aromatic heterocycles. The van der Waals surface area contributed by atoms with Crippen LogP contribution in [0.3, 0.4) is 0 Å². The van der Waals surface area contributed by atoms with Gasteiger partial charge in [0.2, 0.25) is 5.88 Å². The summed E-state index contributed by atoms with van der Waals surface area (Å²) in [6.07, 6.45) is 2.83. The lowest BCUT2D eigenvalue weighted by molar-refractivity contribution is 0.102. The van der Waals surface area contributed by atoms with Crippen molar-refractivity contribution in [2.24, 2.45) is 0 Å². The number of hydrogen-bond donors (Lipinski definition) is 1. The number of amides is 2. The average Bonchev–Trinajstić information content (AvgIpc) is 2.82. The SMILES string of the molecule is O=C(Nc1ccc(OC(=O)N2CCN(Cc3ccccn3)CC2)nc1)c1ccccc1. The molecule has 0 spiro atoms. The van der Waals surface area contributed by atoms with E-state index in [1.54, 1.807) is 47.5 Å². The van der Waals surface area contributed by atoms with Gasteiger partial charge in [0, 0.05) is 50.6 Å². The highest BCUT2D eigenvalue weighted by molar-refractivity contribution is 6.04. The fourth-order valence-electron chi connectivity index (χ4n) is 3.27. The molecule has 0 radical (unpaired) electrons. The number of nitrogens with zero attached hydrogens (tertiary/aromatic N) is 4. The van der Waals surface area contributed by atoms with E-state index in [0.29, 0.717) is 24.3 Å². The van der Waals surface area contributed by atoms with Crippen LogP contribution < -0.4 is 10.1 Å². The van der Waals surface area contributed by atoms with Gasteiger partial charge in [-0.15, -0.1) is 0 Å². The minimum atomic E-state index is -0.425. The summed E-state index contributed by atoms with van der Waals surface area (Å²) >= 11 is 0. The van der Waals surface area contributed by atoms with Gasteiger partial charge in [0.05, 0.1) is 17.6 Å². The fourth-order valence-corrected chi connectivity index (χ4v) is 3.27. The summed E-state index contributed by atoms with van der Waals surface area (Å²) in [6, 6.07) is 18.0. The highest BCUT2D eigenvalue weighted by Gasteiger charge is 2.23. The second kappa shape index (κ2) is 9.82. The molecule has 1 saturated heterocycles. The van der Waals surface area contributed by atoms with E-state index in [0.717, 1.165) is 25.3 Å². The Kier molecular flexibility index (Phi) is 6.49. The number of anilines is 1. The van der Waals surface area contributed by atoms with Crippen molar-refractivity contribution in [2.45, 2.75) is 6.54 Å². The molecule has 3 heterocycles. The molecule has 1 fully saturated rings. The summed E-state index contributed by atoms with van der Waals surface area (Å²) < 4.78 is 5.38. The lowest BCUT2D eigenvalue weighted by atomic mass is 10.2. The van der Waals surface area contributed by atoms with Crippen molar-refractivity contribution >= 4 is 17.7 Å². The van der Waals surface area contributed by atoms with Crippen molar-refractivity contribution < 1.29 is 14.3 Å². The Bertz CT molecular complexity index is 1000. The van der Waals surface area contributed by atoms with Gasteiger partial charge >= 0.3 is 6.09 Å². The lowest BCUT2D eigenvalue weighted by Gasteiger charge is -2.33. The van der Waals surface area contributed by atoms with Crippen LogP contribution in [0.2, 0.25) is 0 Å². The number of rotatable bonds is 5. The van der Waals surface area contributed by atoms with E-state index in [-0.39, 0.29) is 11.8 Å². The third-order valence-corrected chi connectivity index (χ3v) is 4.96. The van der Waals surface area contributed by atoms with Crippen LogP contribution in [0, 0.1) is 0 Å². The van der Waals surface area contributed by atoms with Crippen LogP contribution in [0.15, 0.2) is 73.1 Å². The Morgan fingerprint density at radius 1 is 0.903 bits per heavy atom. The zero-order valence-electron chi connectivity index (χ0n) is 17.0. The van der Waals surface area contributed by atoms with E-state index < -0.39 is 6.09 Å². The third kappa shape index (κ3) is 5.64. The predicted molar refractivity (Wildman–Crippen MR) is 116 cm³/mol. The molecule has 3 aromatic rings. The molecule has 8 nitrogen and oxygen atoms in total. The van der Waals surface area contributed by atoms with Crippen LogP contribution in [0.5, 0.6) is 5.88 Å². The number of nitrogens with one attached hydrogen (secondary N) is 1. The molecule has 1 aliphatic rings. The van der Waals surface area contributed by atoms with Crippen LogP contribution >= 0.6 is 0 Å². The van der Waals surface area contributed by atoms with Crippen molar-refractivity contribution in [1.29, 1.82) is 0 Å². The number of piperazine rings is 1. The first-order valence-electron chi connectivity index (χ1n) is 10.1. The van der Waals surface area contributed by atoms with E-state index in [9.17, 15) is 9.59 Å². The van der Waals surface area contributed by atoms with Gasteiger partial charge in [-0.25, -0.2) is 9.78 Å². The Hall–Kier alpha value is -3.78. The molecule has 0 atom stereocenters. The zero-order chi connectivity index (χ0) is 21.5. The molecule has 1 N–H and O–H groups in total. The van der Waals surface area contributed by atoms with Gasteiger partial charge in [-0.3, -0.25) is 14.7 Å². The molecule has 1 aromatic carbocycles. The summed E-state index contributed by atoms with van der Waals surface area (Å²) in [5.41, 5.74) is 2.10. The van der Waals surface area contributed by atoms with Crippen molar-refractivity contribution in [3.63, 3.8) is 0 Å². The smallest absolute Gasteiger partial charge is 0.391 e. The molecule has 1 aliphatic heterocycles. The molecular weight excluding hydrogens is 394 g/mol. The molecule has 158 valence electrons. The molecular formula is C23H23N5O3. The number of benzene rings is 1. The van der Waals surface area contributed by atoms with E-state index >= 15 is 0 Å². The van der Waals surface area contributed by atoms with Crippen molar-refractivity contribution in [3.05, 3.63) is 84.3 Å². The summed E-state index contributed by atoms with van der Waals surface area (Å²) in [5.74, 6) is -0.0330. The Morgan fingerprint density at radius 3 is 2.35 bits per heavy atom. The Morgan fingerprint density at radius 2 is 1.68 bits per heavy atom. The summed E-state index contributed by atoms with van der Waals surface area (Å²) in [4.78, 5) is 37.0. The Balaban J connectivity index is 1.25. The summed E-state index contributed by atoms with van der Waals surface area (Å²) in [6.45, 7) is 3.43. The van der Waals surface area contributed by atoms with Gasteiger partial charge in [0.15, 0.2) is 0 Å². The van der Waals surface area contributed by atoms with Gasteiger partial charge in [-0.05, 0) is 30.3 Å². The highest BCUT2D eigenvalue weighted by Crippen LogP contribution is 2.15. The van der Waals surface area contributed by atoms with Crippen molar-refractivity contribution in [1.82, 2.24) is 19.8 Å². The van der Waals surface area contributed by atoms with Gasteiger partial charge < -0.3 is 15.0 Å².